The van der Waals surface area contributed by atoms with Gasteiger partial charge in [0.05, 0.1) is 6.04 Å². The maximum Gasteiger partial charge on any atom is 0.317 e. The largest absolute Gasteiger partial charge is 0.338 e. The van der Waals surface area contributed by atoms with Crippen molar-refractivity contribution < 1.29 is 9.59 Å². The van der Waals surface area contributed by atoms with E-state index in [1.54, 1.807) is 4.90 Å². The summed E-state index contributed by atoms with van der Waals surface area (Å²) in [5.41, 5.74) is 1.41. The molecule has 1 unspecified atom stereocenters. The van der Waals surface area contributed by atoms with Crippen LogP contribution < -0.4 is 5.32 Å². The van der Waals surface area contributed by atoms with Crippen molar-refractivity contribution in [3.05, 3.63) is 35.9 Å². The van der Waals surface area contributed by atoms with Crippen molar-refractivity contribution in [3.63, 3.8) is 0 Å². The number of hydrogen-bond acceptors (Lipinski definition) is 3. The summed E-state index contributed by atoms with van der Waals surface area (Å²) in [4.78, 5) is 30.9. The maximum absolute atomic E-state index is 12.9. The van der Waals surface area contributed by atoms with Gasteiger partial charge in [0.15, 0.2) is 0 Å². The van der Waals surface area contributed by atoms with Gasteiger partial charge in [-0.25, -0.2) is 4.79 Å². The van der Waals surface area contributed by atoms with Gasteiger partial charge in [0.2, 0.25) is 5.91 Å². The van der Waals surface area contributed by atoms with Crippen LogP contribution in [-0.4, -0.2) is 78.5 Å². The molecule has 1 aromatic rings. The predicted octanol–water partition coefficient (Wildman–Crippen LogP) is 2.20. The van der Waals surface area contributed by atoms with Crippen molar-refractivity contribution >= 4 is 11.9 Å². The first-order chi connectivity index (χ1) is 13.6. The second kappa shape index (κ2) is 9.92. The molecule has 0 saturated carbocycles. The van der Waals surface area contributed by atoms with E-state index in [2.05, 4.69) is 40.5 Å². The van der Waals surface area contributed by atoms with Crippen molar-refractivity contribution in [3.8, 4) is 0 Å². The number of nitrogens with zero attached hydrogens (tertiary/aromatic N) is 3. The Labute approximate surface area is 168 Å². The molecule has 0 bridgehead atoms. The number of carbonyl (C=O) groups excluding carboxylic acids is 2. The van der Waals surface area contributed by atoms with Gasteiger partial charge in [-0.2, -0.15) is 0 Å². The minimum atomic E-state index is -0.0753. The highest BCUT2D eigenvalue weighted by Crippen LogP contribution is 2.23. The summed E-state index contributed by atoms with van der Waals surface area (Å²) in [5.74, 6) is 0.915. The van der Waals surface area contributed by atoms with Gasteiger partial charge in [-0.3, -0.25) is 9.69 Å². The molecule has 2 aliphatic heterocycles. The molecule has 0 spiro atoms. The van der Waals surface area contributed by atoms with E-state index < -0.39 is 0 Å². The molecule has 0 aliphatic carbocycles. The van der Waals surface area contributed by atoms with Gasteiger partial charge < -0.3 is 15.1 Å². The predicted molar refractivity (Wildman–Crippen MR) is 111 cm³/mol. The van der Waals surface area contributed by atoms with Gasteiger partial charge >= 0.3 is 6.03 Å². The molecule has 1 N–H and O–H groups in total. The van der Waals surface area contributed by atoms with Crippen LogP contribution >= 0.6 is 0 Å². The number of likely N-dealkylation sites (tertiary alicyclic amines) is 1. The van der Waals surface area contributed by atoms with Gasteiger partial charge in [0.1, 0.15) is 0 Å². The van der Waals surface area contributed by atoms with Crippen LogP contribution in [0.3, 0.4) is 0 Å². The highest BCUT2D eigenvalue weighted by atomic mass is 16.2. The normalized spacial score (nSPS) is 20.1. The quantitative estimate of drug-likeness (QED) is 0.844. The zero-order valence-corrected chi connectivity index (χ0v) is 17.3. The third-order valence-corrected chi connectivity index (χ3v) is 6.13. The number of amides is 3. The summed E-state index contributed by atoms with van der Waals surface area (Å²) in [6, 6.07) is 10.6. The topological polar surface area (TPSA) is 55.9 Å². The van der Waals surface area contributed by atoms with Crippen LogP contribution in [0.1, 0.15) is 32.3 Å². The lowest BCUT2D eigenvalue weighted by molar-refractivity contribution is -0.138. The Hall–Kier alpha value is -2.08. The van der Waals surface area contributed by atoms with Crippen LogP contribution in [0.25, 0.3) is 0 Å². The number of benzene rings is 1. The smallest absolute Gasteiger partial charge is 0.317 e. The van der Waals surface area contributed by atoms with Crippen LogP contribution in [0.15, 0.2) is 30.3 Å². The van der Waals surface area contributed by atoms with Crippen molar-refractivity contribution in [2.45, 2.75) is 39.2 Å². The second-order valence-electron chi connectivity index (χ2n) is 7.99. The SMILES string of the molecule is CCNC(=O)N1CCN(C(=O)C(C)N2CCC(Cc3ccccc3)CC2)CC1. The van der Waals surface area contributed by atoms with E-state index in [4.69, 9.17) is 0 Å². The van der Waals surface area contributed by atoms with Crippen LogP contribution in [0.2, 0.25) is 0 Å². The number of urea groups is 1. The third kappa shape index (κ3) is 5.25. The summed E-state index contributed by atoms with van der Waals surface area (Å²) < 4.78 is 0. The highest BCUT2D eigenvalue weighted by Gasteiger charge is 2.31. The number of piperazine rings is 1. The summed E-state index contributed by atoms with van der Waals surface area (Å²) in [5, 5.41) is 2.83. The second-order valence-corrected chi connectivity index (χ2v) is 7.99. The molecule has 2 saturated heterocycles. The monoisotopic (exact) mass is 386 g/mol. The Kier molecular flexibility index (Phi) is 7.31. The third-order valence-electron chi connectivity index (χ3n) is 6.13. The Morgan fingerprint density at radius 3 is 2.21 bits per heavy atom. The maximum atomic E-state index is 12.9. The molecule has 3 amide bonds. The Balaban J connectivity index is 1.43. The van der Waals surface area contributed by atoms with Crippen molar-refractivity contribution in [1.82, 2.24) is 20.0 Å². The van der Waals surface area contributed by atoms with E-state index >= 15 is 0 Å². The first kappa shape index (κ1) is 20.6. The average molecular weight is 387 g/mol. The van der Waals surface area contributed by atoms with E-state index in [0.29, 0.717) is 38.6 Å². The van der Waals surface area contributed by atoms with Gasteiger partial charge in [-0.1, -0.05) is 30.3 Å². The number of rotatable bonds is 5. The van der Waals surface area contributed by atoms with E-state index in [9.17, 15) is 9.59 Å². The summed E-state index contributed by atoms with van der Waals surface area (Å²) in [6.07, 6.45) is 3.44. The number of carbonyl (C=O) groups is 2. The van der Waals surface area contributed by atoms with E-state index in [1.165, 1.54) is 5.56 Å². The molecule has 0 aromatic heterocycles. The minimum absolute atomic E-state index is 0.0249. The molecule has 28 heavy (non-hydrogen) atoms. The summed E-state index contributed by atoms with van der Waals surface area (Å²) in [7, 11) is 0. The zero-order chi connectivity index (χ0) is 19.9. The van der Waals surface area contributed by atoms with Crippen LogP contribution in [-0.2, 0) is 11.2 Å². The lowest BCUT2D eigenvalue weighted by atomic mass is 9.89. The molecule has 2 heterocycles. The van der Waals surface area contributed by atoms with Crippen molar-refractivity contribution in [2.75, 3.05) is 45.8 Å². The Morgan fingerprint density at radius 2 is 1.61 bits per heavy atom. The fourth-order valence-electron chi connectivity index (χ4n) is 4.31. The van der Waals surface area contributed by atoms with E-state index in [-0.39, 0.29) is 18.0 Å². The van der Waals surface area contributed by atoms with Crippen molar-refractivity contribution in [2.24, 2.45) is 5.92 Å². The molecule has 6 nitrogen and oxygen atoms in total. The molecule has 154 valence electrons. The van der Waals surface area contributed by atoms with Gasteiger partial charge in [0.25, 0.3) is 0 Å². The Bertz CT molecular complexity index is 635. The molecule has 1 aromatic carbocycles. The molecular weight excluding hydrogens is 352 g/mol. The first-order valence-corrected chi connectivity index (χ1v) is 10.7. The fraction of sp³-hybridized carbons (Fsp3) is 0.636. The minimum Gasteiger partial charge on any atom is -0.338 e. The van der Waals surface area contributed by atoms with Gasteiger partial charge in [-0.15, -0.1) is 0 Å². The van der Waals surface area contributed by atoms with E-state index in [1.807, 2.05) is 18.7 Å². The fourth-order valence-corrected chi connectivity index (χ4v) is 4.31. The van der Waals surface area contributed by atoms with Gasteiger partial charge in [0, 0.05) is 32.7 Å². The van der Waals surface area contributed by atoms with Crippen molar-refractivity contribution in [1.29, 1.82) is 0 Å². The van der Waals surface area contributed by atoms with Crippen LogP contribution in [0, 0.1) is 5.92 Å². The lowest BCUT2D eigenvalue weighted by Gasteiger charge is -2.40. The molecular formula is C22H34N4O2. The molecule has 0 radical (unpaired) electrons. The standard InChI is InChI=1S/C22H34N4O2/c1-3-23-22(28)26-15-13-25(14-16-26)21(27)18(2)24-11-9-20(10-12-24)17-19-7-5-4-6-8-19/h4-8,18,20H,3,9-17H2,1-2H3,(H,23,28). The molecule has 6 heteroatoms. The van der Waals surface area contributed by atoms with Crippen LogP contribution in [0.5, 0.6) is 0 Å². The zero-order valence-electron chi connectivity index (χ0n) is 17.3. The number of nitrogens with one attached hydrogen (secondary N) is 1. The lowest BCUT2D eigenvalue weighted by Crippen LogP contribution is -2.57. The summed E-state index contributed by atoms with van der Waals surface area (Å²) >= 11 is 0. The number of hydrogen-bond donors (Lipinski definition) is 1. The molecule has 1 atom stereocenters. The summed E-state index contributed by atoms with van der Waals surface area (Å²) in [6.45, 7) is 9.06. The molecule has 2 aliphatic rings. The molecule has 3 rings (SSSR count). The Morgan fingerprint density at radius 1 is 1.00 bits per heavy atom. The van der Waals surface area contributed by atoms with Gasteiger partial charge in [-0.05, 0) is 57.7 Å². The van der Waals surface area contributed by atoms with E-state index in [0.717, 1.165) is 32.4 Å². The molecule has 2 fully saturated rings. The first-order valence-electron chi connectivity index (χ1n) is 10.7. The average Bonchev–Trinajstić information content (AvgIpc) is 2.74. The number of piperidine rings is 1. The van der Waals surface area contributed by atoms with Crippen LogP contribution in [0.4, 0.5) is 4.79 Å². The highest BCUT2D eigenvalue weighted by molar-refractivity contribution is 5.82.